The van der Waals surface area contributed by atoms with Crippen molar-refractivity contribution in [2.24, 2.45) is 4.99 Å². The zero-order chi connectivity index (χ0) is 21.2. The fourth-order valence-corrected chi connectivity index (χ4v) is 3.07. The van der Waals surface area contributed by atoms with Crippen LogP contribution in [0.15, 0.2) is 77.9 Å². The molecule has 0 bridgehead atoms. The van der Waals surface area contributed by atoms with Crippen LogP contribution in [0.5, 0.6) is 11.5 Å². The number of rotatable bonds is 8. The third kappa shape index (κ3) is 5.98. The van der Waals surface area contributed by atoms with Crippen molar-refractivity contribution in [1.82, 2.24) is 15.2 Å². The van der Waals surface area contributed by atoms with Crippen LogP contribution in [0.2, 0.25) is 0 Å². The Hall–Kier alpha value is -3.54. The van der Waals surface area contributed by atoms with E-state index in [0.717, 1.165) is 34.3 Å². The van der Waals surface area contributed by atoms with Gasteiger partial charge in [0, 0.05) is 38.9 Å². The van der Waals surface area contributed by atoms with Crippen molar-refractivity contribution in [2.45, 2.75) is 19.7 Å². The maximum Gasteiger partial charge on any atom is 0.193 e. The third-order valence-electron chi connectivity index (χ3n) is 4.66. The summed E-state index contributed by atoms with van der Waals surface area (Å²) in [6.07, 6.45) is 1.77. The molecule has 0 aliphatic carbocycles. The van der Waals surface area contributed by atoms with E-state index in [9.17, 15) is 0 Å². The first-order chi connectivity index (χ1) is 14.7. The van der Waals surface area contributed by atoms with Gasteiger partial charge in [-0.15, -0.1) is 0 Å². The molecule has 0 aliphatic heterocycles. The van der Waals surface area contributed by atoms with Crippen LogP contribution in [-0.4, -0.2) is 37.0 Å². The number of hydrogen-bond donors (Lipinski definition) is 1. The average Bonchev–Trinajstić information content (AvgIpc) is 2.80. The van der Waals surface area contributed by atoms with E-state index in [1.54, 1.807) is 20.4 Å². The molecule has 0 aliphatic rings. The number of methoxy groups -OCH3 is 1. The number of para-hydroxylation sites is 1. The predicted molar refractivity (Wildman–Crippen MR) is 120 cm³/mol. The second-order valence-electron chi connectivity index (χ2n) is 6.82. The van der Waals surface area contributed by atoms with E-state index < -0.39 is 0 Å². The van der Waals surface area contributed by atoms with Crippen molar-refractivity contribution in [3.8, 4) is 11.5 Å². The number of ether oxygens (including phenoxy) is 2. The lowest BCUT2D eigenvalue weighted by Crippen LogP contribution is -2.38. The van der Waals surface area contributed by atoms with Crippen LogP contribution in [0.1, 0.15) is 16.8 Å². The molecule has 0 radical (unpaired) electrons. The lowest BCUT2D eigenvalue weighted by Gasteiger charge is -2.23. The zero-order valence-electron chi connectivity index (χ0n) is 17.7. The second-order valence-corrected chi connectivity index (χ2v) is 6.82. The minimum absolute atomic E-state index is 0.457. The first kappa shape index (κ1) is 21.2. The molecule has 0 fully saturated rings. The minimum Gasteiger partial charge on any atom is -0.496 e. The Kier molecular flexibility index (Phi) is 7.66. The average molecular weight is 405 g/mol. The third-order valence-corrected chi connectivity index (χ3v) is 4.66. The molecule has 0 unspecified atom stereocenters. The van der Waals surface area contributed by atoms with Crippen LogP contribution in [0.3, 0.4) is 0 Å². The normalized spacial score (nSPS) is 11.1. The van der Waals surface area contributed by atoms with Crippen molar-refractivity contribution in [2.75, 3.05) is 21.2 Å². The lowest BCUT2D eigenvalue weighted by molar-refractivity contribution is 0.301. The van der Waals surface area contributed by atoms with Crippen LogP contribution >= 0.6 is 0 Å². The summed E-state index contributed by atoms with van der Waals surface area (Å²) in [4.78, 5) is 10.7. The second kappa shape index (κ2) is 10.9. The Bertz CT molecular complexity index is 943. The summed E-state index contributed by atoms with van der Waals surface area (Å²) >= 11 is 0. The summed E-state index contributed by atoms with van der Waals surface area (Å²) in [5, 5.41) is 3.40. The number of guanidine groups is 1. The molecule has 3 rings (SSSR count). The molecule has 6 heteroatoms. The molecule has 1 aromatic heterocycles. The molecular weight excluding hydrogens is 376 g/mol. The van der Waals surface area contributed by atoms with Gasteiger partial charge in [-0.3, -0.25) is 9.98 Å². The van der Waals surface area contributed by atoms with Gasteiger partial charge in [0.2, 0.25) is 0 Å². The molecule has 156 valence electrons. The molecule has 2 aromatic carbocycles. The monoisotopic (exact) mass is 404 g/mol. The first-order valence-electron chi connectivity index (χ1n) is 9.85. The highest BCUT2D eigenvalue weighted by molar-refractivity contribution is 5.79. The van der Waals surface area contributed by atoms with Gasteiger partial charge in [-0.2, -0.15) is 0 Å². The maximum atomic E-state index is 5.79. The number of pyridine rings is 1. The quantitative estimate of drug-likeness (QED) is 0.456. The van der Waals surface area contributed by atoms with Crippen molar-refractivity contribution < 1.29 is 9.47 Å². The molecule has 1 N–H and O–H groups in total. The van der Waals surface area contributed by atoms with Gasteiger partial charge in [-0.05, 0) is 35.9 Å². The first-order valence-corrected chi connectivity index (χ1v) is 9.85. The Morgan fingerprint density at radius 3 is 2.50 bits per heavy atom. The van der Waals surface area contributed by atoms with Crippen LogP contribution in [-0.2, 0) is 19.7 Å². The van der Waals surface area contributed by atoms with Gasteiger partial charge in [-0.1, -0.05) is 36.4 Å². The molecule has 0 amide bonds. The maximum absolute atomic E-state index is 5.79. The summed E-state index contributed by atoms with van der Waals surface area (Å²) in [7, 11) is 5.49. The molecule has 3 aromatic rings. The molecule has 0 spiro atoms. The van der Waals surface area contributed by atoms with Crippen LogP contribution in [0, 0.1) is 0 Å². The number of aromatic nitrogens is 1. The van der Waals surface area contributed by atoms with Crippen LogP contribution in [0.25, 0.3) is 0 Å². The molecule has 0 atom stereocenters. The molecule has 0 saturated carbocycles. The number of benzene rings is 2. The highest BCUT2D eigenvalue weighted by Gasteiger charge is 2.10. The summed E-state index contributed by atoms with van der Waals surface area (Å²) < 4.78 is 11.2. The van der Waals surface area contributed by atoms with Crippen molar-refractivity contribution in [1.29, 1.82) is 0 Å². The Morgan fingerprint density at radius 1 is 1.03 bits per heavy atom. The van der Waals surface area contributed by atoms with Gasteiger partial charge in [0.05, 0.1) is 12.8 Å². The summed E-state index contributed by atoms with van der Waals surface area (Å²) in [5.74, 6) is 2.51. The Labute approximate surface area is 178 Å². The standard InChI is InChI=1S/C24H28N4O2/c1-25-24(28(2)17-20-8-4-5-10-23(20)29-3)27-16-19-11-13-22(14-12-19)30-18-21-9-6-7-15-26-21/h4-15H,16-18H2,1-3H3,(H,25,27). The zero-order valence-corrected chi connectivity index (χ0v) is 17.7. The Morgan fingerprint density at radius 2 is 1.80 bits per heavy atom. The van der Waals surface area contributed by atoms with Crippen molar-refractivity contribution in [3.63, 3.8) is 0 Å². The molecule has 1 heterocycles. The van der Waals surface area contributed by atoms with Gasteiger partial charge in [0.15, 0.2) is 5.96 Å². The van der Waals surface area contributed by atoms with Gasteiger partial charge in [0.1, 0.15) is 18.1 Å². The van der Waals surface area contributed by atoms with Crippen LogP contribution < -0.4 is 14.8 Å². The van der Waals surface area contributed by atoms with E-state index in [1.807, 2.05) is 67.7 Å². The number of hydrogen-bond acceptors (Lipinski definition) is 4. The fraction of sp³-hybridized carbons (Fsp3) is 0.250. The van der Waals surface area contributed by atoms with Crippen molar-refractivity contribution in [3.05, 3.63) is 89.7 Å². The fourth-order valence-electron chi connectivity index (χ4n) is 3.07. The molecule has 30 heavy (non-hydrogen) atoms. The summed E-state index contributed by atoms with van der Waals surface area (Å²) in [5.41, 5.74) is 3.16. The predicted octanol–water partition coefficient (Wildman–Crippen LogP) is 3.88. The van der Waals surface area contributed by atoms with Gasteiger partial charge >= 0.3 is 0 Å². The highest BCUT2D eigenvalue weighted by Crippen LogP contribution is 2.19. The van der Waals surface area contributed by atoms with E-state index in [1.165, 1.54) is 0 Å². The minimum atomic E-state index is 0.457. The van der Waals surface area contributed by atoms with Crippen LogP contribution in [0.4, 0.5) is 0 Å². The van der Waals surface area contributed by atoms with E-state index in [-0.39, 0.29) is 0 Å². The molecular formula is C24H28N4O2. The number of nitrogens with zero attached hydrogens (tertiary/aromatic N) is 3. The number of nitrogens with one attached hydrogen (secondary N) is 1. The highest BCUT2D eigenvalue weighted by atomic mass is 16.5. The summed E-state index contributed by atoms with van der Waals surface area (Å²) in [6, 6.07) is 21.9. The van der Waals surface area contributed by atoms with E-state index in [0.29, 0.717) is 19.7 Å². The topological polar surface area (TPSA) is 59.0 Å². The largest absolute Gasteiger partial charge is 0.496 e. The summed E-state index contributed by atoms with van der Waals surface area (Å²) in [6.45, 7) is 1.83. The van der Waals surface area contributed by atoms with E-state index in [4.69, 9.17) is 9.47 Å². The molecule has 0 saturated heterocycles. The Balaban J connectivity index is 1.51. The smallest absolute Gasteiger partial charge is 0.193 e. The number of aliphatic imine (C=N–C) groups is 1. The van der Waals surface area contributed by atoms with E-state index in [2.05, 4.69) is 26.3 Å². The molecule has 6 nitrogen and oxygen atoms in total. The lowest BCUT2D eigenvalue weighted by atomic mass is 10.2. The van der Waals surface area contributed by atoms with E-state index >= 15 is 0 Å². The van der Waals surface area contributed by atoms with Gasteiger partial charge in [-0.25, -0.2) is 0 Å². The van der Waals surface area contributed by atoms with Gasteiger partial charge < -0.3 is 19.7 Å². The van der Waals surface area contributed by atoms with Crippen molar-refractivity contribution >= 4 is 5.96 Å². The van der Waals surface area contributed by atoms with Gasteiger partial charge in [0.25, 0.3) is 0 Å². The SMILES string of the molecule is CN=C(NCc1ccc(OCc2ccccn2)cc1)N(C)Cc1ccccc1OC.